The predicted octanol–water partition coefficient (Wildman–Crippen LogP) is 3.64. The number of carbonyl (C=O) groups is 1. The predicted molar refractivity (Wildman–Crippen MR) is 95.1 cm³/mol. The minimum Gasteiger partial charge on any atom is -0.489 e. The summed E-state index contributed by atoms with van der Waals surface area (Å²) in [4.78, 5) is 13.5. The van der Waals surface area contributed by atoms with Crippen molar-refractivity contribution in [2.75, 3.05) is 18.9 Å². The number of benzene rings is 2. The number of aliphatic hydroxyl groups is 1. The Bertz CT molecular complexity index is 729. The topological polar surface area (TPSA) is 61.8 Å². The molecule has 0 bridgehead atoms. The summed E-state index contributed by atoms with van der Waals surface area (Å²) in [7, 11) is 1.61. The molecule has 2 N–H and O–H groups in total. The molecule has 0 unspecified atom stereocenters. The van der Waals surface area contributed by atoms with Crippen LogP contribution in [0.25, 0.3) is 0 Å². The average molecular weight is 346 g/mol. The first kappa shape index (κ1) is 18.7. The van der Waals surface area contributed by atoms with Crippen LogP contribution in [0.3, 0.4) is 0 Å². The van der Waals surface area contributed by atoms with Crippen LogP contribution < -0.4 is 10.1 Å². The molecule has 2 aromatic rings. The fraction of sp³-hybridized carbons (Fsp3) is 0.316. The Hall–Kier alpha value is -2.60. The summed E-state index contributed by atoms with van der Waals surface area (Å²) in [6, 6.07) is 12.8. The molecule has 0 aliphatic heterocycles. The lowest BCUT2D eigenvalue weighted by molar-refractivity contribution is 0.0550. The fourth-order valence-electron chi connectivity index (χ4n) is 2.33. The van der Waals surface area contributed by atoms with Gasteiger partial charge in [0.05, 0.1) is 12.1 Å². The van der Waals surface area contributed by atoms with Crippen molar-refractivity contribution in [1.29, 1.82) is 0 Å². The van der Waals surface area contributed by atoms with Crippen LogP contribution in [0, 0.1) is 5.82 Å². The number of nitrogens with zero attached hydrogens (tertiary/aromatic N) is 1. The number of anilines is 1. The maximum absolute atomic E-state index is 13.2. The second-order valence-corrected chi connectivity index (χ2v) is 6.55. The summed E-state index contributed by atoms with van der Waals surface area (Å²) in [6.07, 6.45) is 0. The van der Waals surface area contributed by atoms with Gasteiger partial charge in [0.2, 0.25) is 0 Å². The van der Waals surface area contributed by atoms with Crippen LogP contribution in [-0.2, 0) is 6.61 Å². The van der Waals surface area contributed by atoms with E-state index in [-0.39, 0.29) is 25.0 Å². The van der Waals surface area contributed by atoms with Crippen LogP contribution in [0.5, 0.6) is 5.75 Å². The third-order valence-corrected chi connectivity index (χ3v) is 3.35. The van der Waals surface area contributed by atoms with Gasteiger partial charge in [0.1, 0.15) is 18.2 Å². The van der Waals surface area contributed by atoms with E-state index < -0.39 is 5.60 Å². The van der Waals surface area contributed by atoms with Gasteiger partial charge >= 0.3 is 6.03 Å². The van der Waals surface area contributed by atoms with Gasteiger partial charge in [-0.15, -0.1) is 0 Å². The molecule has 0 fully saturated rings. The number of ether oxygens (including phenoxy) is 1. The lowest BCUT2D eigenvalue weighted by Crippen LogP contribution is -2.41. The molecule has 0 spiro atoms. The Morgan fingerprint density at radius 3 is 2.64 bits per heavy atom. The van der Waals surface area contributed by atoms with Crippen molar-refractivity contribution in [3.05, 3.63) is 59.9 Å². The van der Waals surface area contributed by atoms with E-state index in [1.807, 2.05) is 0 Å². The summed E-state index contributed by atoms with van der Waals surface area (Å²) in [5, 5.41) is 12.5. The van der Waals surface area contributed by atoms with E-state index in [9.17, 15) is 14.3 Å². The van der Waals surface area contributed by atoms with Crippen molar-refractivity contribution in [1.82, 2.24) is 4.90 Å². The third kappa shape index (κ3) is 6.43. The molecule has 2 aromatic carbocycles. The largest absolute Gasteiger partial charge is 0.489 e. The second kappa shape index (κ2) is 7.98. The first-order valence-corrected chi connectivity index (χ1v) is 7.95. The van der Waals surface area contributed by atoms with Gasteiger partial charge in [-0.05, 0) is 43.7 Å². The summed E-state index contributed by atoms with van der Waals surface area (Å²) >= 11 is 0. The van der Waals surface area contributed by atoms with Gasteiger partial charge < -0.3 is 20.1 Å². The van der Waals surface area contributed by atoms with Crippen LogP contribution >= 0.6 is 0 Å². The third-order valence-electron chi connectivity index (χ3n) is 3.35. The van der Waals surface area contributed by atoms with Gasteiger partial charge in [0, 0.05) is 18.8 Å². The van der Waals surface area contributed by atoms with Gasteiger partial charge in [0.15, 0.2) is 0 Å². The van der Waals surface area contributed by atoms with Crippen LogP contribution in [0.1, 0.15) is 19.4 Å². The molecule has 0 radical (unpaired) electrons. The van der Waals surface area contributed by atoms with Crippen LogP contribution in [0.15, 0.2) is 48.5 Å². The zero-order valence-corrected chi connectivity index (χ0v) is 14.6. The van der Waals surface area contributed by atoms with Gasteiger partial charge in [0.25, 0.3) is 0 Å². The molecular formula is C19H23FN2O3. The van der Waals surface area contributed by atoms with Crippen molar-refractivity contribution >= 4 is 11.7 Å². The normalized spacial score (nSPS) is 11.1. The molecule has 0 atom stereocenters. The van der Waals surface area contributed by atoms with E-state index in [4.69, 9.17) is 4.74 Å². The SMILES string of the molecule is CN(CC(C)(C)O)C(=O)Nc1cccc(OCc2cccc(F)c2)c1. The minimum absolute atomic E-state index is 0.203. The Kier molecular flexibility index (Phi) is 5.98. The maximum Gasteiger partial charge on any atom is 0.321 e. The van der Waals surface area contributed by atoms with Gasteiger partial charge in [-0.25, -0.2) is 9.18 Å². The highest BCUT2D eigenvalue weighted by Crippen LogP contribution is 2.19. The molecule has 0 saturated heterocycles. The average Bonchev–Trinajstić information content (AvgIpc) is 2.52. The van der Waals surface area contributed by atoms with E-state index >= 15 is 0 Å². The number of carbonyl (C=O) groups excluding carboxylic acids is 1. The Morgan fingerprint density at radius 2 is 1.96 bits per heavy atom. The zero-order chi connectivity index (χ0) is 18.4. The van der Waals surface area contributed by atoms with Crippen LogP contribution in [-0.4, -0.2) is 35.2 Å². The number of likely N-dealkylation sites (N-methyl/N-ethyl adjacent to an activating group) is 1. The van der Waals surface area contributed by atoms with E-state index in [1.165, 1.54) is 17.0 Å². The molecule has 5 nitrogen and oxygen atoms in total. The van der Waals surface area contributed by atoms with Crippen LogP contribution in [0.2, 0.25) is 0 Å². The smallest absolute Gasteiger partial charge is 0.321 e. The molecule has 2 amide bonds. The molecule has 0 heterocycles. The van der Waals surface area contributed by atoms with E-state index in [0.29, 0.717) is 11.4 Å². The molecule has 6 heteroatoms. The second-order valence-electron chi connectivity index (χ2n) is 6.55. The maximum atomic E-state index is 13.2. The lowest BCUT2D eigenvalue weighted by atomic mass is 10.1. The summed E-state index contributed by atoms with van der Waals surface area (Å²) in [6.45, 7) is 3.71. The van der Waals surface area contributed by atoms with Crippen LogP contribution in [0.4, 0.5) is 14.9 Å². The summed E-state index contributed by atoms with van der Waals surface area (Å²) in [5.74, 6) is 0.254. The highest BCUT2D eigenvalue weighted by molar-refractivity contribution is 5.89. The highest BCUT2D eigenvalue weighted by atomic mass is 19.1. The van der Waals surface area contributed by atoms with E-state index in [1.54, 1.807) is 57.3 Å². The number of hydrogen-bond acceptors (Lipinski definition) is 3. The van der Waals surface area contributed by atoms with Crippen molar-refractivity contribution in [3.63, 3.8) is 0 Å². The van der Waals surface area contributed by atoms with Crippen molar-refractivity contribution < 1.29 is 19.0 Å². The lowest BCUT2D eigenvalue weighted by Gasteiger charge is -2.25. The number of urea groups is 1. The van der Waals surface area contributed by atoms with Gasteiger partial charge in [-0.2, -0.15) is 0 Å². The Labute approximate surface area is 147 Å². The van der Waals surface area contributed by atoms with Crippen molar-refractivity contribution in [2.45, 2.75) is 26.1 Å². The van der Waals surface area contributed by atoms with Gasteiger partial charge in [-0.1, -0.05) is 18.2 Å². The number of rotatable bonds is 6. The van der Waals surface area contributed by atoms with Crippen molar-refractivity contribution in [3.8, 4) is 5.75 Å². The first-order valence-electron chi connectivity index (χ1n) is 7.95. The molecule has 25 heavy (non-hydrogen) atoms. The molecule has 134 valence electrons. The molecular weight excluding hydrogens is 323 g/mol. The van der Waals surface area contributed by atoms with Gasteiger partial charge in [-0.3, -0.25) is 0 Å². The Balaban J connectivity index is 1.95. The molecule has 0 aliphatic rings. The molecule has 0 saturated carbocycles. The zero-order valence-electron chi connectivity index (χ0n) is 14.6. The molecule has 0 aliphatic carbocycles. The minimum atomic E-state index is -0.970. The number of hydrogen-bond donors (Lipinski definition) is 2. The summed E-state index contributed by atoms with van der Waals surface area (Å²) < 4.78 is 18.8. The number of halogens is 1. The fourth-order valence-corrected chi connectivity index (χ4v) is 2.33. The summed E-state index contributed by atoms with van der Waals surface area (Å²) in [5.41, 5.74) is 0.325. The highest BCUT2D eigenvalue weighted by Gasteiger charge is 2.19. The molecule has 2 rings (SSSR count). The van der Waals surface area contributed by atoms with E-state index in [0.717, 1.165) is 5.56 Å². The van der Waals surface area contributed by atoms with E-state index in [2.05, 4.69) is 5.32 Å². The standard InChI is InChI=1S/C19H23FN2O3/c1-19(2,24)13-22(3)18(23)21-16-8-5-9-17(11-16)25-12-14-6-4-7-15(20)10-14/h4-11,24H,12-13H2,1-3H3,(H,21,23). The quantitative estimate of drug-likeness (QED) is 0.839. The number of amides is 2. The van der Waals surface area contributed by atoms with Crippen molar-refractivity contribution in [2.24, 2.45) is 0 Å². The Morgan fingerprint density at radius 1 is 1.24 bits per heavy atom. The first-order chi connectivity index (χ1) is 11.7. The monoisotopic (exact) mass is 346 g/mol. The molecule has 0 aromatic heterocycles. The number of nitrogens with one attached hydrogen (secondary N) is 1.